The van der Waals surface area contributed by atoms with Gasteiger partial charge in [-0.05, 0) is 13.0 Å². The predicted octanol–water partition coefficient (Wildman–Crippen LogP) is 4.90. The molecule has 0 N–H and O–H groups in total. The highest BCUT2D eigenvalue weighted by Crippen LogP contribution is 2.03. The van der Waals surface area contributed by atoms with Crippen LogP contribution < -0.4 is 0 Å². The molecule has 1 aromatic heterocycles. The van der Waals surface area contributed by atoms with E-state index in [9.17, 15) is 4.39 Å². The summed E-state index contributed by atoms with van der Waals surface area (Å²) in [6.07, 6.45) is 9.92. The zero-order chi connectivity index (χ0) is 12.2. The van der Waals surface area contributed by atoms with Gasteiger partial charge in [0.05, 0.1) is 0 Å². The van der Waals surface area contributed by atoms with E-state index in [1.165, 1.54) is 44.7 Å². The van der Waals surface area contributed by atoms with Gasteiger partial charge >= 0.3 is 0 Å². The number of halogens is 1. The van der Waals surface area contributed by atoms with Gasteiger partial charge in [-0.1, -0.05) is 58.4 Å². The molecule has 0 atom stereocenters. The molecule has 0 aliphatic heterocycles. The number of aromatic nitrogens is 1. The fourth-order valence-corrected chi connectivity index (χ4v) is 1.32. The van der Waals surface area contributed by atoms with E-state index in [0.29, 0.717) is 5.56 Å². The minimum absolute atomic E-state index is 0.382. The second-order valence-electron chi connectivity index (χ2n) is 4.03. The van der Waals surface area contributed by atoms with Gasteiger partial charge < -0.3 is 0 Å². The molecule has 16 heavy (non-hydrogen) atoms. The lowest BCUT2D eigenvalue weighted by molar-refractivity contribution is 0.574. The second-order valence-corrected chi connectivity index (χ2v) is 4.03. The molecule has 0 fully saturated rings. The summed E-state index contributed by atoms with van der Waals surface area (Å²) in [5.74, 6) is -0.382. The molecule has 0 saturated carbocycles. The van der Waals surface area contributed by atoms with E-state index in [1.54, 1.807) is 19.1 Å². The van der Waals surface area contributed by atoms with Crippen LogP contribution >= 0.6 is 0 Å². The number of hydrogen-bond donors (Lipinski definition) is 0. The Morgan fingerprint density at radius 1 is 1.06 bits per heavy atom. The Kier molecular flexibility index (Phi) is 9.98. The maximum atomic E-state index is 12.2. The summed E-state index contributed by atoms with van der Waals surface area (Å²) in [5.41, 5.74) is 0.590. The molecule has 0 amide bonds. The molecule has 92 valence electrons. The highest BCUT2D eigenvalue weighted by Gasteiger charge is 1.90. The van der Waals surface area contributed by atoms with E-state index < -0.39 is 0 Å². The van der Waals surface area contributed by atoms with Crippen molar-refractivity contribution >= 4 is 0 Å². The van der Waals surface area contributed by atoms with Gasteiger partial charge in [-0.15, -0.1) is 0 Å². The Balaban J connectivity index is 0.000000281. The topological polar surface area (TPSA) is 12.9 Å². The molecular weight excluding hydrogens is 201 g/mol. The van der Waals surface area contributed by atoms with E-state index in [0.717, 1.165) is 0 Å². The van der Waals surface area contributed by atoms with Crippen LogP contribution in [0.4, 0.5) is 4.39 Å². The maximum absolute atomic E-state index is 12.2. The van der Waals surface area contributed by atoms with E-state index >= 15 is 0 Å². The first-order valence-corrected chi connectivity index (χ1v) is 6.29. The molecule has 0 aliphatic carbocycles. The van der Waals surface area contributed by atoms with Crippen molar-refractivity contribution in [2.24, 2.45) is 0 Å². The monoisotopic (exact) mass is 225 g/mol. The van der Waals surface area contributed by atoms with Crippen molar-refractivity contribution in [3.63, 3.8) is 0 Å². The van der Waals surface area contributed by atoms with Gasteiger partial charge in [0.1, 0.15) is 0 Å². The lowest BCUT2D eigenvalue weighted by Gasteiger charge is -1.93. The Morgan fingerprint density at radius 2 is 1.62 bits per heavy atom. The van der Waals surface area contributed by atoms with Crippen molar-refractivity contribution in [2.45, 2.75) is 59.3 Å². The SMILES string of the molecule is CCCCCCCC.Cc1cccnc1F. The molecule has 1 rings (SSSR count). The number of pyridine rings is 1. The van der Waals surface area contributed by atoms with Gasteiger partial charge in [-0.3, -0.25) is 0 Å². The third-order valence-corrected chi connectivity index (χ3v) is 2.40. The van der Waals surface area contributed by atoms with Crippen LogP contribution in [-0.4, -0.2) is 4.98 Å². The third kappa shape index (κ3) is 8.39. The third-order valence-electron chi connectivity index (χ3n) is 2.40. The highest BCUT2D eigenvalue weighted by molar-refractivity contribution is 5.07. The molecule has 1 heterocycles. The van der Waals surface area contributed by atoms with Crippen LogP contribution in [-0.2, 0) is 0 Å². The summed E-state index contributed by atoms with van der Waals surface area (Å²) in [4.78, 5) is 3.41. The van der Waals surface area contributed by atoms with Gasteiger partial charge in [0.15, 0.2) is 0 Å². The van der Waals surface area contributed by atoms with E-state index in [-0.39, 0.29) is 5.95 Å². The molecule has 0 radical (unpaired) electrons. The number of aryl methyl sites for hydroxylation is 1. The Morgan fingerprint density at radius 3 is 1.94 bits per heavy atom. The Hall–Kier alpha value is -0.920. The minimum atomic E-state index is -0.382. The summed E-state index contributed by atoms with van der Waals surface area (Å²) in [7, 11) is 0. The largest absolute Gasteiger partial charge is 0.228 e. The normalized spacial score (nSPS) is 9.50. The summed E-state index contributed by atoms with van der Waals surface area (Å²) < 4.78 is 12.2. The average Bonchev–Trinajstić information content (AvgIpc) is 2.30. The molecular formula is C14H24FN. The summed E-state index contributed by atoms with van der Waals surface area (Å²) >= 11 is 0. The van der Waals surface area contributed by atoms with Crippen LogP contribution in [0.25, 0.3) is 0 Å². The van der Waals surface area contributed by atoms with Crippen molar-refractivity contribution < 1.29 is 4.39 Å². The van der Waals surface area contributed by atoms with Gasteiger partial charge in [0, 0.05) is 11.8 Å². The van der Waals surface area contributed by atoms with Crippen LogP contribution in [0.15, 0.2) is 18.3 Å². The van der Waals surface area contributed by atoms with E-state index in [2.05, 4.69) is 18.8 Å². The fraction of sp³-hybridized carbons (Fsp3) is 0.643. The summed E-state index contributed by atoms with van der Waals surface area (Å²) in [6.45, 7) is 6.19. The number of unbranched alkanes of at least 4 members (excludes halogenated alkanes) is 5. The lowest BCUT2D eigenvalue weighted by Crippen LogP contribution is -1.83. The molecule has 1 nitrogen and oxygen atoms in total. The first-order chi connectivity index (χ1) is 7.72. The Bertz CT molecular complexity index is 234. The Labute approximate surface area is 99.1 Å². The summed E-state index contributed by atoms with van der Waals surface area (Å²) in [6, 6.07) is 3.39. The van der Waals surface area contributed by atoms with Crippen molar-refractivity contribution in [3.8, 4) is 0 Å². The van der Waals surface area contributed by atoms with Crippen molar-refractivity contribution in [1.29, 1.82) is 0 Å². The van der Waals surface area contributed by atoms with E-state index in [4.69, 9.17) is 0 Å². The van der Waals surface area contributed by atoms with E-state index in [1.807, 2.05) is 0 Å². The molecule has 0 unspecified atom stereocenters. The quantitative estimate of drug-likeness (QED) is 0.513. The molecule has 0 aliphatic rings. The molecule has 0 saturated heterocycles. The first-order valence-electron chi connectivity index (χ1n) is 6.29. The summed E-state index contributed by atoms with van der Waals surface area (Å²) in [5, 5.41) is 0. The van der Waals surface area contributed by atoms with Gasteiger partial charge in [-0.25, -0.2) is 4.98 Å². The number of hydrogen-bond acceptors (Lipinski definition) is 1. The number of nitrogens with zero attached hydrogens (tertiary/aromatic N) is 1. The van der Waals surface area contributed by atoms with Crippen LogP contribution in [0, 0.1) is 12.9 Å². The maximum Gasteiger partial charge on any atom is 0.215 e. The van der Waals surface area contributed by atoms with Gasteiger partial charge in [0.2, 0.25) is 5.95 Å². The molecule has 0 spiro atoms. The standard InChI is InChI=1S/C8H18.C6H6FN/c1-3-5-7-8-6-4-2;1-5-3-2-4-8-6(5)7/h3-8H2,1-2H3;2-4H,1H3. The molecule has 0 bridgehead atoms. The predicted molar refractivity (Wildman–Crippen MR) is 68.0 cm³/mol. The lowest BCUT2D eigenvalue weighted by atomic mass is 10.1. The minimum Gasteiger partial charge on any atom is -0.228 e. The molecule has 1 aromatic rings. The average molecular weight is 225 g/mol. The molecule has 0 aromatic carbocycles. The first kappa shape index (κ1) is 15.1. The highest BCUT2D eigenvalue weighted by atomic mass is 19.1. The van der Waals surface area contributed by atoms with Crippen LogP contribution in [0.3, 0.4) is 0 Å². The van der Waals surface area contributed by atoms with Gasteiger partial charge in [-0.2, -0.15) is 4.39 Å². The fourth-order valence-electron chi connectivity index (χ4n) is 1.32. The van der Waals surface area contributed by atoms with Crippen molar-refractivity contribution in [1.82, 2.24) is 4.98 Å². The van der Waals surface area contributed by atoms with Crippen molar-refractivity contribution in [2.75, 3.05) is 0 Å². The zero-order valence-electron chi connectivity index (χ0n) is 10.8. The van der Waals surface area contributed by atoms with Crippen LogP contribution in [0.2, 0.25) is 0 Å². The smallest absolute Gasteiger partial charge is 0.215 e. The van der Waals surface area contributed by atoms with Crippen molar-refractivity contribution in [3.05, 3.63) is 29.8 Å². The number of rotatable bonds is 5. The van der Waals surface area contributed by atoms with Crippen LogP contribution in [0.1, 0.15) is 57.9 Å². The second kappa shape index (κ2) is 10.6. The molecule has 2 heteroatoms. The zero-order valence-corrected chi connectivity index (χ0v) is 10.8. The van der Waals surface area contributed by atoms with Gasteiger partial charge in [0.25, 0.3) is 0 Å². The van der Waals surface area contributed by atoms with Crippen LogP contribution in [0.5, 0.6) is 0 Å².